The molecule has 0 radical (unpaired) electrons. The van der Waals surface area contributed by atoms with Crippen LogP contribution in [0.25, 0.3) is 6.08 Å². The Morgan fingerprint density at radius 2 is 2.27 bits per heavy atom. The average Bonchev–Trinajstić information content (AvgIpc) is 2.21. The van der Waals surface area contributed by atoms with Gasteiger partial charge in [0.05, 0.1) is 7.11 Å². The Bertz CT molecular complexity index is 389. The molecule has 4 heteroatoms. The molecule has 0 saturated carbocycles. The van der Waals surface area contributed by atoms with E-state index in [1.165, 1.54) is 7.11 Å². The van der Waals surface area contributed by atoms with Gasteiger partial charge in [0.25, 0.3) is 0 Å². The second-order valence-corrected chi connectivity index (χ2v) is 3.94. The van der Waals surface area contributed by atoms with Crippen molar-refractivity contribution in [1.82, 2.24) is 0 Å². The normalized spacial score (nSPS) is 10.9. The van der Waals surface area contributed by atoms with Crippen molar-refractivity contribution >= 4 is 22.0 Å². The van der Waals surface area contributed by atoms with Crippen LogP contribution in [0.3, 0.4) is 0 Å². The molecule has 1 aromatic rings. The number of rotatable bonds is 3. The molecular formula is C11H14BrNO2. The molecule has 15 heavy (non-hydrogen) atoms. The number of phenols is 1. The van der Waals surface area contributed by atoms with Crippen LogP contribution >= 0.6 is 15.9 Å². The molecule has 0 aliphatic rings. The molecule has 0 fully saturated rings. The number of aromatic hydroxyl groups is 1. The smallest absolute Gasteiger partial charge is 0.168 e. The zero-order valence-corrected chi connectivity index (χ0v) is 10.3. The summed E-state index contributed by atoms with van der Waals surface area (Å²) >= 11 is 3.37. The number of hydrogen-bond donors (Lipinski definition) is 2. The van der Waals surface area contributed by atoms with E-state index >= 15 is 0 Å². The summed E-state index contributed by atoms with van der Waals surface area (Å²) in [6.45, 7) is 2.40. The summed E-state index contributed by atoms with van der Waals surface area (Å²) in [7, 11) is 1.53. The lowest BCUT2D eigenvalue weighted by Gasteiger charge is -2.11. The molecule has 0 bridgehead atoms. The van der Waals surface area contributed by atoms with E-state index in [2.05, 4.69) is 15.9 Å². The summed E-state index contributed by atoms with van der Waals surface area (Å²) in [5.41, 5.74) is 7.24. The minimum atomic E-state index is 0.117. The van der Waals surface area contributed by atoms with E-state index in [-0.39, 0.29) is 5.75 Å². The van der Waals surface area contributed by atoms with Crippen LogP contribution < -0.4 is 10.5 Å². The van der Waals surface area contributed by atoms with Crippen molar-refractivity contribution in [1.29, 1.82) is 0 Å². The van der Waals surface area contributed by atoms with Gasteiger partial charge in [0.1, 0.15) is 0 Å². The highest BCUT2D eigenvalue weighted by atomic mass is 79.9. The lowest BCUT2D eigenvalue weighted by Crippen LogP contribution is -1.95. The first-order valence-electron chi connectivity index (χ1n) is 4.54. The van der Waals surface area contributed by atoms with E-state index in [0.717, 1.165) is 15.6 Å². The highest BCUT2D eigenvalue weighted by Gasteiger charge is 2.12. The maximum Gasteiger partial charge on any atom is 0.168 e. The summed E-state index contributed by atoms with van der Waals surface area (Å²) in [4.78, 5) is 0. The SMILES string of the molecule is COc1c(O)cc(Br)c(C)c1/C=C/CN. The Morgan fingerprint density at radius 1 is 1.60 bits per heavy atom. The molecular weight excluding hydrogens is 258 g/mol. The van der Waals surface area contributed by atoms with Gasteiger partial charge in [0.2, 0.25) is 0 Å². The molecule has 0 spiro atoms. The number of benzene rings is 1. The molecule has 0 amide bonds. The minimum Gasteiger partial charge on any atom is -0.504 e. The first-order valence-corrected chi connectivity index (χ1v) is 5.33. The lowest BCUT2D eigenvalue weighted by atomic mass is 10.1. The monoisotopic (exact) mass is 271 g/mol. The number of ether oxygens (including phenoxy) is 1. The van der Waals surface area contributed by atoms with Crippen LogP contribution in [0.4, 0.5) is 0 Å². The first kappa shape index (κ1) is 12.1. The zero-order chi connectivity index (χ0) is 11.4. The van der Waals surface area contributed by atoms with Gasteiger partial charge >= 0.3 is 0 Å². The zero-order valence-electron chi connectivity index (χ0n) is 8.75. The van der Waals surface area contributed by atoms with Gasteiger partial charge in [-0.05, 0) is 18.6 Å². The van der Waals surface area contributed by atoms with E-state index in [1.54, 1.807) is 6.07 Å². The molecule has 1 aromatic carbocycles. The summed E-state index contributed by atoms with van der Waals surface area (Å²) < 4.78 is 5.99. The number of methoxy groups -OCH3 is 1. The van der Waals surface area contributed by atoms with Crippen LogP contribution in [0.1, 0.15) is 11.1 Å². The predicted molar refractivity (Wildman–Crippen MR) is 65.2 cm³/mol. The molecule has 82 valence electrons. The topological polar surface area (TPSA) is 55.5 Å². The summed E-state index contributed by atoms with van der Waals surface area (Å²) in [5, 5.41) is 9.68. The molecule has 3 nitrogen and oxygen atoms in total. The third-order valence-corrected chi connectivity index (χ3v) is 2.95. The second kappa shape index (κ2) is 5.19. The van der Waals surface area contributed by atoms with Gasteiger partial charge in [0.15, 0.2) is 11.5 Å². The predicted octanol–water partition coefficient (Wildman–Crippen LogP) is 2.44. The third-order valence-electron chi connectivity index (χ3n) is 2.13. The maximum absolute atomic E-state index is 9.68. The summed E-state index contributed by atoms with van der Waals surface area (Å²) in [6, 6.07) is 1.62. The van der Waals surface area contributed by atoms with E-state index in [4.69, 9.17) is 10.5 Å². The average molecular weight is 272 g/mol. The van der Waals surface area contributed by atoms with Crippen molar-refractivity contribution in [2.75, 3.05) is 13.7 Å². The van der Waals surface area contributed by atoms with Crippen LogP contribution in [0.5, 0.6) is 11.5 Å². The van der Waals surface area contributed by atoms with E-state index in [1.807, 2.05) is 19.1 Å². The van der Waals surface area contributed by atoms with Gasteiger partial charge in [-0.25, -0.2) is 0 Å². The molecule has 1 rings (SSSR count). The van der Waals surface area contributed by atoms with Crippen LogP contribution in [-0.2, 0) is 0 Å². The number of phenolic OH excluding ortho intramolecular Hbond substituents is 1. The molecule has 0 aliphatic heterocycles. The molecule has 0 heterocycles. The summed E-state index contributed by atoms with van der Waals surface area (Å²) in [5.74, 6) is 0.590. The lowest BCUT2D eigenvalue weighted by molar-refractivity contribution is 0.372. The highest BCUT2D eigenvalue weighted by Crippen LogP contribution is 2.37. The molecule has 0 aromatic heterocycles. The van der Waals surface area contributed by atoms with Crippen molar-refractivity contribution in [2.45, 2.75) is 6.92 Å². The van der Waals surface area contributed by atoms with Crippen LogP contribution in [-0.4, -0.2) is 18.8 Å². The Kier molecular flexibility index (Phi) is 4.17. The molecule has 0 unspecified atom stereocenters. The quantitative estimate of drug-likeness (QED) is 0.888. The van der Waals surface area contributed by atoms with E-state index in [9.17, 15) is 5.11 Å². The highest BCUT2D eigenvalue weighted by molar-refractivity contribution is 9.10. The number of hydrogen-bond acceptors (Lipinski definition) is 3. The van der Waals surface area contributed by atoms with Crippen molar-refractivity contribution in [2.24, 2.45) is 5.73 Å². The molecule has 0 aliphatic carbocycles. The van der Waals surface area contributed by atoms with Gasteiger partial charge in [-0.3, -0.25) is 0 Å². The third kappa shape index (κ3) is 2.52. The van der Waals surface area contributed by atoms with Crippen molar-refractivity contribution in [3.05, 3.63) is 27.7 Å². The Hall–Kier alpha value is -1.00. The Morgan fingerprint density at radius 3 is 2.80 bits per heavy atom. The molecule has 0 saturated heterocycles. The number of halogens is 1. The Balaban J connectivity index is 3.36. The molecule has 3 N–H and O–H groups in total. The van der Waals surface area contributed by atoms with E-state index < -0.39 is 0 Å². The largest absolute Gasteiger partial charge is 0.504 e. The first-order chi connectivity index (χ1) is 7.11. The molecule has 0 atom stereocenters. The second-order valence-electron chi connectivity index (χ2n) is 3.09. The van der Waals surface area contributed by atoms with Crippen LogP contribution in [0.2, 0.25) is 0 Å². The fraction of sp³-hybridized carbons (Fsp3) is 0.273. The fourth-order valence-corrected chi connectivity index (χ4v) is 1.76. The standard InChI is InChI=1S/C11H14BrNO2/c1-7-8(4-3-5-13)11(15-2)10(14)6-9(7)12/h3-4,6,14H,5,13H2,1-2H3/b4-3+. The minimum absolute atomic E-state index is 0.117. The van der Waals surface area contributed by atoms with Gasteiger partial charge in [0, 0.05) is 16.6 Å². The Labute approximate surface area is 97.7 Å². The summed E-state index contributed by atoms with van der Waals surface area (Å²) in [6.07, 6.45) is 3.66. The van der Waals surface area contributed by atoms with Crippen molar-refractivity contribution in [3.8, 4) is 11.5 Å². The fourth-order valence-electron chi connectivity index (χ4n) is 1.33. The van der Waals surface area contributed by atoms with Gasteiger partial charge in [-0.15, -0.1) is 0 Å². The number of nitrogens with two attached hydrogens (primary N) is 1. The maximum atomic E-state index is 9.68. The van der Waals surface area contributed by atoms with E-state index in [0.29, 0.717) is 12.3 Å². The van der Waals surface area contributed by atoms with Gasteiger partial charge in [-0.1, -0.05) is 28.1 Å². The van der Waals surface area contributed by atoms with Crippen LogP contribution in [0.15, 0.2) is 16.6 Å². The van der Waals surface area contributed by atoms with Crippen LogP contribution in [0, 0.1) is 6.92 Å². The van der Waals surface area contributed by atoms with Crippen molar-refractivity contribution in [3.63, 3.8) is 0 Å². The van der Waals surface area contributed by atoms with Gasteiger partial charge < -0.3 is 15.6 Å². The van der Waals surface area contributed by atoms with Crippen molar-refractivity contribution < 1.29 is 9.84 Å². The van der Waals surface area contributed by atoms with Gasteiger partial charge in [-0.2, -0.15) is 0 Å².